The van der Waals surface area contributed by atoms with Crippen molar-refractivity contribution in [3.8, 4) is 0 Å². The highest BCUT2D eigenvalue weighted by Crippen LogP contribution is 2.43. The number of rotatable bonds is 4. The smallest absolute Gasteiger partial charge is 0.313 e. The van der Waals surface area contributed by atoms with E-state index in [9.17, 15) is 9.59 Å². The van der Waals surface area contributed by atoms with Crippen LogP contribution in [0.15, 0.2) is 23.6 Å². The summed E-state index contributed by atoms with van der Waals surface area (Å²) in [6, 6.07) is 1.76. The predicted molar refractivity (Wildman–Crippen MR) is 77.8 cm³/mol. The minimum atomic E-state index is -0.660. The number of hydrogen-bond acceptors (Lipinski definition) is 6. The number of ketones is 1. The molecule has 0 N–H and O–H groups in total. The highest BCUT2D eigenvalue weighted by atomic mass is 32.2. The predicted octanol–water partition coefficient (Wildman–Crippen LogP) is 2.40. The number of carbonyl (C=O) groups excluding carboxylic acids is 2. The van der Waals surface area contributed by atoms with Crippen LogP contribution in [0.1, 0.15) is 38.5 Å². The van der Waals surface area contributed by atoms with Crippen LogP contribution in [0.25, 0.3) is 0 Å². The minimum Gasteiger partial charge on any atom is -0.457 e. The fraction of sp³-hybridized carbons (Fsp3) is 0.600. The summed E-state index contributed by atoms with van der Waals surface area (Å²) in [5, 5.41) is 0.656. The molecule has 112 valence electrons. The topological polar surface area (TPSA) is 69.2 Å². The highest BCUT2D eigenvalue weighted by molar-refractivity contribution is 7.99. The lowest BCUT2D eigenvalue weighted by Gasteiger charge is -2.40. The van der Waals surface area contributed by atoms with Crippen LogP contribution in [0.3, 0.4) is 0 Å². The molecule has 0 aromatic carbocycles. The van der Waals surface area contributed by atoms with Gasteiger partial charge < -0.3 is 4.74 Å². The molecule has 2 fully saturated rings. The first-order chi connectivity index (χ1) is 10.2. The van der Waals surface area contributed by atoms with E-state index in [1.54, 1.807) is 18.5 Å². The molecule has 21 heavy (non-hydrogen) atoms. The summed E-state index contributed by atoms with van der Waals surface area (Å²) in [5.74, 6) is 0.446. The lowest BCUT2D eigenvalue weighted by atomic mass is 9.81. The van der Waals surface area contributed by atoms with Gasteiger partial charge in [-0.25, -0.2) is 9.97 Å². The van der Waals surface area contributed by atoms with Crippen molar-refractivity contribution in [2.75, 3.05) is 5.75 Å². The van der Waals surface area contributed by atoms with E-state index >= 15 is 0 Å². The Morgan fingerprint density at radius 3 is 2.62 bits per heavy atom. The monoisotopic (exact) mass is 306 g/mol. The molecule has 1 atom stereocenters. The molecule has 1 aliphatic heterocycles. The summed E-state index contributed by atoms with van der Waals surface area (Å²) in [6.45, 7) is 0. The standard InChI is InChI=1S/C15H18N2O3S/c18-12-8-13(19)20-15(9-12,11-4-1-2-5-11)10-21-14-16-6-3-7-17-14/h3,6-7,11H,1-2,4-5,8-10H2. The molecule has 1 unspecified atom stereocenters. The van der Waals surface area contributed by atoms with E-state index in [0.717, 1.165) is 25.7 Å². The number of thioether (sulfide) groups is 1. The Morgan fingerprint density at radius 1 is 1.24 bits per heavy atom. The zero-order valence-electron chi connectivity index (χ0n) is 11.8. The second kappa shape index (κ2) is 6.13. The van der Waals surface area contributed by atoms with Gasteiger partial charge in [-0.05, 0) is 18.9 Å². The summed E-state index contributed by atoms with van der Waals surface area (Å²) in [5.41, 5.74) is -0.660. The van der Waals surface area contributed by atoms with E-state index in [-0.39, 0.29) is 24.1 Å². The number of Topliss-reactive ketones (excluding diaryl/α,β-unsaturated/α-hetero) is 1. The summed E-state index contributed by atoms with van der Waals surface area (Å²) >= 11 is 1.47. The first kappa shape index (κ1) is 14.5. The number of hydrogen-bond donors (Lipinski definition) is 0. The molecule has 3 rings (SSSR count). The van der Waals surface area contributed by atoms with Crippen LogP contribution in [0.4, 0.5) is 0 Å². The van der Waals surface area contributed by atoms with Crippen molar-refractivity contribution < 1.29 is 14.3 Å². The molecule has 1 aliphatic carbocycles. The van der Waals surface area contributed by atoms with Crippen LogP contribution >= 0.6 is 11.8 Å². The van der Waals surface area contributed by atoms with Crippen molar-refractivity contribution in [3.05, 3.63) is 18.5 Å². The summed E-state index contributed by atoms with van der Waals surface area (Å²) < 4.78 is 5.71. The van der Waals surface area contributed by atoms with Crippen molar-refractivity contribution in [2.24, 2.45) is 5.92 Å². The Hall–Kier alpha value is -1.43. The molecule has 1 aromatic heterocycles. The molecule has 0 spiro atoms. The number of cyclic esters (lactones) is 1. The lowest BCUT2D eigenvalue weighted by Crippen LogP contribution is -2.49. The van der Waals surface area contributed by atoms with Gasteiger partial charge in [-0.3, -0.25) is 9.59 Å². The number of nitrogens with zero attached hydrogens (tertiary/aromatic N) is 2. The first-order valence-corrected chi connectivity index (χ1v) is 8.30. The third-order valence-corrected chi connectivity index (χ3v) is 5.34. The third-order valence-electron chi connectivity index (χ3n) is 4.24. The average Bonchev–Trinajstić information content (AvgIpc) is 3.00. The molecule has 0 amide bonds. The minimum absolute atomic E-state index is 0.00673. The Labute approximate surface area is 127 Å². The quantitative estimate of drug-likeness (QED) is 0.368. The Morgan fingerprint density at radius 2 is 1.95 bits per heavy atom. The maximum atomic E-state index is 11.9. The highest BCUT2D eigenvalue weighted by Gasteiger charge is 2.48. The van der Waals surface area contributed by atoms with Gasteiger partial charge in [-0.1, -0.05) is 24.6 Å². The normalized spacial score (nSPS) is 26.9. The first-order valence-electron chi connectivity index (χ1n) is 7.31. The van der Waals surface area contributed by atoms with E-state index in [1.165, 1.54) is 11.8 Å². The van der Waals surface area contributed by atoms with Gasteiger partial charge in [-0.15, -0.1) is 0 Å². The lowest BCUT2D eigenvalue weighted by molar-refractivity contribution is -0.173. The molecule has 1 saturated carbocycles. The van der Waals surface area contributed by atoms with Gasteiger partial charge in [-0.2, -0.15) is 0 Å². The SMILES string of the molecule is O=C1CC(=O)OC(CSc2ncccn2)(C2CCCC2)C1. The maximum absolute atomic E-state index is 11.9. The molecule has 2 heterocycles. The van der Waals surface area contributed by atoms with Gasteiger partial charge in [0.2, 0.25) is 0 Å². The van der Waals surface area contributed by atoms with Crippen molar-refractivity contribution in [3.63, 3.8) is 0 Å². The Kier molecular flexibility index (Phi) is 4.24. The van der Waals surface area contributed by atoms with E-state index in [4.69, 9.17) is 4.74 Å². The van der Waals surface area contributed by atoms with Crippen LogP contribution in [0, 0.1) is 5.92 Å². The van der Waals surface area contributed by atoms with Crippen LogP contribution in [-0.4, -0.2) is 33.1 Å². The average molecular weight is 306 g/mol. The van der Waals surface area contributed by atoms with Crippen molar-refractivity contribution >= 4 is 23.5 Å². The van der Waals surface area contributed by atoms with Crippen LogP contribution in [0.5, 0.6) is 0 Å². The zero-order chi connectivity index (χ0) is 14.7. The van der Waals surface area contributed by atoms with Crippen molar-refractivity contribution in [2.45, 2.75) is 49.3 Å². The van der Waals surface area contributed by atoms with E-state index < -0.39 is 5.60 Å². The molecular weight excluding hydrogens is 288 g/mol. The summed E-state index contributed by atoms with van der Waals surface area (Å²) in [4.78, 5) is 32.1. The Bertz CT molecular complexity index is 513. The number of carbonyl (C=O) groups is 2. The Balaban J connectivity index is 1.78. The summed E-state index contributed by atoms with van der Waals surface area (Å²) in [7, 11) is 0. The molecule has 5 nitrogen and oxygen atoms in total. The molecule has 6 heteroatoms. The van der Waals surface area contributed by atoms with E-state index in [1.807, 2.05) is 0 Å². The van der Waals surface area contributed by atoms with Crippen LogP contribution in [-0.2, 0) is 14.3 Å². The maximum Gasteiger partial charge on any atom is 0.313 e. The molecular formula is C15H18N2O3S. The van der Waals surface area contributed by atoms with Gasteiger partial charge in [0.1, 0.15) is 17.8 Å². The van der Waals surface area contributed by atoms with Gasteiger partial charge in [0.25, 0.3) is 0 Å². The fourth-order valence-corrected chi connectivity index (χ4v) is 4.32. The van der Waals surface area contributed by atoms with Crippen molar-refractivity contribution in [1.29, 1.82) is 0 Å². The van der Waals surface area contributed by atoms with Gasteiger partial charge in [0.05, 0.1) is 0 Å². The van der Waals surface area contributed by atoms with Crippen molar-refractivity contribution in [1.82, 2.24) is 9.97 Å². The molecule has 0 radical (unpaired) electrons. The van der Waals surface area contributed by atoms with Crippen LogP contribution < -0.4 is 0 Å². The number of ether oxygens (including phenoxy) is 1. The number of aromatic nitrogens is 2. The van der Waals surface area contributed by atoms with E-state index in [0.29, 0.717) is 17.3 Å². The zero-order valence-corrected chi connectivity index (χ0v) is 12.6. The molecule has 1 saturated heterocycles. The molecule has 0 bridgehead atoms. The molecule has 2 aliphatic rings. The number of esters is 1. The van der Waals surface area contributed by atoms with Gasteiger partial charge in [0.15, 0.2) is 5.16 Å². The second-order valence-electron chi connectivity index (χ2n) is 5.73. The van der Waals surface area contributed by atoms with Crippen LogP contribution in [0.2, 0.25) is 0 Å². The largest absolute Gasteiger partial charge is 0.457 e. The third kappa shape index (κ3) is 3.26. The van der Waals surface area contributed by atoms with Gasteiger partial charge in [0, 0.05) is 30.5 Å². The molecule has 1 aromatic rings. The van der Waals surface area contributed by atoms with Gasteiger partial charge >= 0.3 is 5.97 Å². The van der Waals surface area contributed by atoms with E-state index in [2.05, 4.69) is 9.97 Å². The fourth-order valence-electron chi connectivity index (χ4n) is 3.28. The summed E-state index contributed by atoms with van der Waals surface area (Å²) in [6.07, 6.45) is 7.97. The second-order valence-corrected chi connectivity index (χ2v) is 6.67.